The SMILES string of the molecule is CCCCCCCCCCn1cnc2c(N)nc(Cl)nc21. The number of anilines is 1. The van der Waals surface area contributed by atoms with Gasteiger partial charge in [0.25, 0.3) is 0 Å². The van der Waals surface area contributed by atoms with Gasteiger partial charge in [0.05, 0.1) is 6.33 Å². The fourth-order valence-corrected chi connectivity index (χ4v) is 2.69. The maximum absolute atomic E-state index is 5.85. The Hall–Kier alpha value is -1.36. The first kappa shape index (κ1) is 16.0. The number of nitrogens with two attached hydrogens (primary N) is 1. The number of aryl methyl sites for hydroxylation is 1. The van der Waals surface area contributed by atoms with Crippen LogP contribution in [0.15, 0.2) is 6.33 Å². The largest absolute Gasteiger partial charge is 0.382 e. The highest BCUT2D eigenvalue weighted by molar-refractivity contribution is 6.28. The maximum Gasteiger partial charge on any atom is 0.226 e. The van der Waals surface area contributed by atoms with Crippen LogP contribution in [0.2, 0.25) is 5.28 Å². The van der Waals surface area contributed by atoms with Crippen LogP contribution in [-0.2, 0) is 6.54 Å². The van der Waals surface area contributed by atoms with Gasteiger partial charge in [0.2, 0.25) is 5.28 Å². The van der Waals surface area contributed by atoms with E-state index >= 15 is 0 Å². The van der Waals surface area contributed by atoms with Crippen LogP contribution in [0.5, 0.6) is 0 Å². The van der Waals surface area contributed by atoms with Crippen molar-refractivity contribution in [2.24, 2.45) is 0 Å². The van der Waals surface area contributed by atoms with E-state index < -0.39 is 0 Å². The Balaban J connectivity index is 1.76. The molecule has 2 N–H and O–H groups in total. The van der Waals surface area contributed by atoms with Crippen LogP contribution >= 0.6 is 11.6 Å². The molecule has 0 bridgehead atoms. The van der Waals surface area contributed by atoms with Crippen molar-refractivity contribution < 1.29 is 0 Å². The first-order chi connectivity index (χ1) is 10.2. The topological polar surface area (TPSA) is 69.6 Å². The highest BCUT2D eigenvalue weighted by atomic mass is 35.5. The van der Waals surface area contributed by atoms with Crippen molar-refractivity contribution >= 4 is 28.6 Å². The van der Waals surface area contributed by atoms with E-state index in [1.807, 2.05) is 4.57 Å². The van der Waals surface area contributed by atoms with E-state index in [0.717, 1.165) is 18.6 Å². The minimum Gasteiger partial charge on any atom is -0.382 e. The van der Waals surface area contributed by atoms with Crippen molar-refractivity contribution in [1.82, 2.24) is 19.5 Å². The Labute approximate surface area is 130 Å². The molecule has 2 aromatic heterocycles. The fraction of sp³-hybridized carbons (Fsp3) is 0.667. The predicted octanol–water partition coefficient (Wildman–Crippen LogP) is 4.20. The Morgan fingerprint density at radius 2 is 1.71 bits per heavy atom. The molecule has 0 saturated carbocycles. The van der Waals surface area contributed by atoms with Gasteiger partial charge in [0.1, 0.15) is 5.52 Å². The van der Waals surface area contributed by atoms with Crippen molar-refractivity contribution in [1.29, 1.82) is 0 Å². The molecule has 5 nitrogen and oxygen atoms in total. The van der Waals surface area contributed by atoms with E-state index in [0.29, 0.717) is 11.3 Å². The third kappa shape index (κ3) is 4.56. The Bertz CT molecular complexity index is 566. The lowest BCUT2D eigenvalue weighted by molar-refractivity contribution is 0.547. The summed E-state index contributed by atoms with van der Waals surface area (Å²) in [6, 6.07) is 0. The Morgan fingerprint density at radius 1 is 1.05 bits per heavy atom. The van der Waals surface area contributed by atoms with Crippen LogP contribution in [-0.4, -0.2) is 19.5 Å². The maximum atomic E-state index is 5.85. The highest BCUT2D eigenvalue weighted by Gasteiger charge is 2.09. The number of aromatic nitrogens is 4. The number of unbranched alkanes of at least 4 members (excludes halogenated alkanes) is 7. The van der Waals surface area contributed by atoms with Crippen molar-refractivity contribution in [2.45, 2.75) is 64.8 Å². The molecule has 0 saturated heterocycles. The second-order valence-electron chi connectivity index (χ2n) is 5.46. The zero-order chi connectivity index (χ0) is 15.1. The van der Waals surface area contributed by atoms with Crippen LogP contribution in [0.1, 0.15) is 58.3 Å². The smallest absolute Gasteiger partial charge is 0.226 e. The number of hydrogen-bond acceptors (Lipinski definition) is 4. The molecule has 2 rings (SSSR count). The van der Waals surface area contributed by atoms with Gasteiger partial charge in [0, 0.05) is 6.54 Å². The average Bonchev–Trinajstić information content (AvgIpc) is 2.85. The zero-order valence-corrected chi connectivity index (χ0v) is 13.4. The van der Waals surface area contributed by atoms with Crippen LogP contribution in [0.25, 0.3) is 11.2 Å². The molecule has 2 heterocycles. The molecule has 6 heteroatoms. The lowest BCUT2D eigenvalue weighted by Gasteiger charge is -2.04. The van der Waals surface area contributed by atoms with Crippen molar-refractivity contribution in [3.63, 3.8) is 0 Å². The molecule has 0 fully saturated rings. The summed E-state index contributed by atoms with van der Waals surface area (Å²) >= 11 is 5.85. The molecule has 116 valence electrons. The molecule has 2 aromatic rings. The molecular formula is C15H24ClN5. The Kier molecular flexibility index (Phi) is 6.23. The van der Waals surface area contributed by atoms with Crippen molar-refractivity contribution in [3.8, 4) is 0 Å². The van der Waals surface area contributed by atoms with Crippen LogP contribution in [0.3, 0.4) is 0 Å². The molecule has 0 spiro atoms. The van der Waals surface area contributed by atoms with Crippen LogP contribution < -0.4 is 5.73 Å². The number of hydrogen-bond donors (Lipinski definition) is 1. The van der Waals surface area contributed by atoms with E-state index in [1.165, 1.54) is 44.9 Å². The minimum atomic E-state index is 0.178. The summed E-state index contributed by atoms with van der Waals surface area (Å²) in [5, 5.41) is 0.178. The van der Waals surface area contributed by atoms with E-state index in [9.17, 15) is 0 Å². The number of nitrogens with zero attached hydrogens (tertiary/aromatic N) is 4. The standard InChI is InChI=1S/C15H24ClN5/c1-2-3-4-5-6-7-8-9-10-21-11-18-12-13(17)19-15(16)20-14(12)21/h11H,2-10H2,1H3,(H2,17,19,20). The first-order valence-corrected chi connectivity index (χ1v) is 8.24. The minimum absolute atomic E-state index is 0.178. The number of fused-ring (bicyclic) bond motifs is 1. The summed E-state index contributed by atoms with van der Waals surface area (Å²) in [5.74, 6) is 0.347. The van der Waals surface area contributed by atoms with Gasteiger partial charge in [-0.2, -0.15) is 9.97 Å². The van der Waals surface area contributed by atoms with E-state index in [2.05, 4.69) is 21.9 Å². The monoisotopic (exact) mass is 309 g/mol. The van der Waals surface area contributed by atoms with Gasteiger partial charge in [0.15, 0.2) is 11.5 Å². The Morgan fingerprint density at radius 3 is 2.43 bits per heavy atom. The van der Waals surface area contributed by atoms with Gasteiger partial charge in [-0.3, -0.25) is 0 Å². The fourth-order valence-electron chi connectivity index (χ4n) is 2.52. The lowest BCUT2D eigenvalue weighted by atomic mass is 10.1. The summed E-state index contributed by atoms with van der Waals surface area (Å²) in [6.07, 6.45) is 12.2. The number of imidazole rings is 1. The molecule has 0 aliphatic carbocycles. The molecule has 21 heavy (non-hydrogen) atoms. The predicted molar refractivity (Wildman–Crippen MR) is 87.4 cm³/mol. The number of nitrogen functional groups attached to an aromatic ring is 1. The van der Waals surface area contributed by atoms with Crippen molar-refractivity contribution in [3.05, 3.63) is 11.6 Å². The van der Waals surface area contributed by atoms with Gasteiger partial charge < -0.3 is 10.3 Å². The van der Waals surface area contributed by atoms with Gasteiger partial charge in [-0.05, 0) is 18.0 Å². The summed E-state index contributed by atoms with van der Waals surface area (Å²) in [5.41, 5.74) is 7.16. The normalized spacial score (nSPS) is 11.3. The molecule has 0 unspecified atom stereocenters. The summed E-state index contributed by atoms with van der Waals surface area (Å²) in [4.78, 5) is 12.4. The molecule has 0 radical (unpaired) electrons. The number of rotatable bonds is 9. The van der Waals surface area contributed by atoms with Crippen LogP contribution in [0.4, 0.5) is 5.82 Å². The molecule has 0 atom stereocenters. The van der Waals surface area contributed by atoms with E-state index in [-0.39, 0.29) is 5.28 Å². The second kappa shape index (κ2) is 8.17. The van der Waals surface area contributed by atoms with E-state index in [1.54, 1.807) is 6.33 Å². The first-order valence-electron chi connectivity index (χ1n) is 7.86. The average molecular weight is 310 g/mol. The van der Waals surface area contributed by atoms with Gasteiger partial charge in [-0.25, -0.2) is 4.98 Å². The summed E-state index contributed by atoms with van der Waals surface area (Å²) in [7, 11) is 0. The summed E-state index contributed by atoms with van der Waals surface area (Å²) in [6.45, 7) is 3.15. The van der Waals surface area contributed by atoms with E-state index in [4.69, 9.17) is 17.3 Å². The highest BCUT2D eigenvalue weighted by Crippen LogP contribution is 2.19. The molecule has 0 amide bonds. The molecular weight excluding hydrogens is 286 g/mol. The van der Waals surface area contributed by atoms with Crippen LogP contribution in [0, 0.1) is 0 Å². The lowest BCUT2D eigenvalue weighted by Crippen LogP contribution is -2.00. The third-order valence-electron chi connectivity index (χ3n) is 3.72. The van der Waals surface area contributed by atoms with Gasteiger partial charge >= 0.3 is 0 Å². The number of halogens is 1. The molecule has 0 aliphatic rings. The summed E-state index contributed by atoms with van der Waals surface area (Å²) < 4.78 is 2.01. The van der Waals surface area contributed by atoms with Crippen molar-refractivity contribution in [2.75, 3.05) is 5.73 Å². The van der Waals surface area contributed by atoms with Gasteiger partial charge in [-0.1, -0.05) is 51.9 Å². The molecule has 0 aromatic carbocycles. The third-order valence-corrected chi connectivity index (χ3v) is 3.89. The van der Waals surface area contributed by atoms with Gasteiger partial charge in [-0.15, -0.1) is 0 Å². The molecule has 0 aliphatic heterocycles. The second-order valence-corrected chi connectivity index (χ2v) is 5.80. The zero-order valence-electron chi connectivity index (χ0n) is 12.7. The quantitative estimate of drug-likeness (QED) is 0.556.